The second-order valence-electron chi connectivity index (χ2n) is 3.70. The summed E-state index contributed by atoms with van der Waals surface area (Å²) in [5, 5.41) is 0. The van der Waals surface area contributed by atoms with Crippen molar-refractivity contribution in [3.8, 4) is 11.3 Å². The molecule has 0 aliphatic heterocycles. The van der Waals surface area contributed by atoms with Crippen LogP contribution >= 0.6 is 0 Å². The molecule has 0 bridgehead atoms. The number of hydrogen-bond acceptors (Lipinski definition) is 3. The summed E-state index contributed by atoms with van der Waals surface area (Å²) in [6.07, 6.45) is 2.86. The molecule has 3 nitrogen and oxygen atoms in total. The van der Waals surface area contributed by atoms with E-state index in [0.717, 1.165) is 0 Å². The van der Waals surface area contributed by atoms with E-state index >= 15 is 0 Å². The molecule has 3 rings (SSSR count). The maximum absolute atomic E-state index is 13.6. The highest BCUT2D eigenvalue weighted by atomic mass is 19.2. The predicted molar refractivity (Wildman–Crippen MR) is 62.7 cm³/mol. The van der Waals surface area contributed by atoms with E-state index < -0.39 is 11.8 Å². The Morgan fingerprint density at radius 1 is 0.833 bits per heavy atom. The van der Waals surface area contributed by atoms with Gasteiger partial charge in [-0.2, -0.15) is 4.39 Å². The van der Waals surface area contributed by atoms with Crippen molar-refractivity contribution in [2.45, 2.75) is 0 Å². The maximum atomic E-state index is 13.6. The van der Waals surface area contributed by atoms with E-state index in [4.69, 9.17) is 0 Å². The highest BCUT2D eigenvalue weighted by Gasteiger charge is 2.12. The average molecular weight is 243 g/mol. The third-order valence-corrected chi connectivity index (χ3v) is 2.58. The molecule has 5 heteroatoms. The highest BCUT2D eigenvalue weighted by molar-refractivity contribution is 5.77. The highest BCUT2D eigenvalue weighted by Crippen LogP contribution is 2.23. The topological polar surface area (TPSA) is 38.7 Å². The molecule has 0 spiro atoms. The average Bonchev–Trinajstić information content (AvgIpc) is 2.41. The van der Waals surface area contributed by atoms with Gasteiger partial charge in [0.25, 0.3) is 0 Å². The molecule has 0 saturated carbocycles. The van der Waals surface area contributed by atoms with E-state index in [2.05, 4.69) is 15.0 Å². The molecule has 0 atom stereocenters. The molecule has 0 aliphatic carbocycles. The van der Waals surface area contributed by atoms with Crippen LogP contribution in [0.25, 0.3) is 22.3 Å². The van der Waals surface area contributed by atoms with Gasteiger partial charge in [-0.3, -0.25) is 4.98 Å². The summed E-state index contributed by atoms with van der Waals surface area (Å²) in [4.78, 5) is 11.6. The minimum absolute atomic E-state index is 0.0910. The molecule has 88 valence electrons. The van der Waals surface area contributed by atoms with Crippen molar-refractivity contribution in [1.82, 2.24) is 15.0 Å². The zero-order valence-corrected chi connectivity index (χ0v) is 9.14. The van der Waals surface area contributed by atoms with Crippen molar-refractivity contribution < 1.29 is 8.78 Å². The van der Waals surface area contributed by atoms with Crippen LogP contribution in [0.15, 0.2) is 42.7 Å². The van der Waals surface area contributed by atoms with Crippen LogP contribution in [0.4, 0.5) is 8.78 Å². The van der Waals surface area contributed by atoms with E-state index in [9.17, 15) is 8.78 Å². The Hall–Kier alpha value is -2.43. The number of rotatable bonds is 1. The number of pyridine rings is 3. The van der Waals surface area contributed by atoms with Crippen LogP contribution in [0.1, 0.15) is 0 Å². The van der Waals surface area contributed by atoms with Crippen molar-refractivity contribution in [1.29, 1.82) is 0 Å². The molecular formula is C13H7F2N3. The monoisotopic (exact) mass is 243 g/mol. The first-order valence-electron chi connectivity index (χ1n) is 5.28. The van der Waals surface area contributed by atoms with Gasteiger partial charge in [0.1, 0.15) is 0 Å². The second-order valence-corrected chi connectivity index (χ2v) is 3.70. The van der Waals surface area contributed by atoms with Crippen molar-refractivity contribution in [3.63, 3.8) is 0 Å². The Morgan fingerprint density at radius 3 is 2.61 bits per heavy atom. The lowest BCUT2D eigenvalue weighted by Crippen LogP contribution is -1.95. The van der Waals surface area contributed by atoms with Crippen LogP contribution in [0, 0.1) is 11.8 Å². The first-order valence-corrected chi connectivity index (χ1v) is 5.28. The van der Waals surface area contributed by atoms with Gasteiger partial charge >= 0.3 is 0 Å². The van der Waals surface area contributed by atoms with Crippen molar-refractivity contribution in [2.75, 3.05) is 0 Å². The smallest absolute Gasteiger partial charge is 0.249 e. The van der Waals surface area contributed by atoms with Gasteiger partial charge in [-0.1, -0.05) is 0 Å². The quantitative estimate of drug-likeness (QED) is 0.617. The van der Waals surface area contributed by atoms with Crippen molar-refractivity contribution in [3.05, 3.63) is 54.5 Å². The van der Waals surface area contributed by atoms with Gasteiger partial charge in [-0.25, -0.2) is 14.4 Å². The first-order chi connectivity index (χ1) is 8.75. The molecule has 3 aromatic heterocycles. The lowest BCUT2D eigenvalue weighted by molar-refractivity contribution is 0.481. The Balaban J connectivity index is 2.22. The van der Waals surface area contributed by atoms with Crippen LogP contribution in [0.3, 0.4) is 0 Å². The number of hydrogen-bond donors (Lipinski definition) is 0. The largest absolute Gasteiger partial charge is 0.255 e. The van der Waals surface area contributed by atoms with E-state index in [1.54, 1.807) is 30.5 Å². The Labute approximate surface area is 101 Å². The van der Waals surface area contributed by atoms with Gasteiger partial charge < -0.3 is 0 Å². The minimum atomic E-state index is -1.12. The molecule has 0 aromatic carbocycles. The van der Waals surface area contributed by atoms with Gasteiger partial charge in [0.05, 0.1) is 16.7 Å². The fourth-order valence-corrected chi connectivity index (χ4v) is 1.72. The second kappa shape index (κ2) is 4.10. The number of nitrogens with zero attached hydrogens (tertiary/aromatic N) is 3. The summed E-state index contributed by atoms with van der Waals surface area (Å²) in [6.45, 7) is 0. The van der Waals surface area contributed by atoms with Crippen LogP contribution in [0.2, 0.25) is 0 Å². The van der Waals surface area contributed by atoms with Crippen molar-refractivity contribution in [2.24, 2.45) is 0 Å². The molecule has 3 aromatic rings. The molecule has 3 heterocycles. The molecule has 0 N–H and O–H groups in total. The van der Waals surface area contributed by atoms with Crippen molar-refractivity contribution >= 4 is 11.0 Å². The lowest BCUT2D eigenvalue weighted by atomic mass is 10.1. The van der Waals surface area contributed by atoms with Gasteiger partial charge in [-0.05, 0) is 30.3 Å². The Kier molecular flexibility index (Phi) is 2.44. The van der Waals surface area contributed by atoms with E-state index in [0.29, 0.717) is 16.7 Å². The van der Waals surface area contributed by atoms with E-state index in [1.807, 2.05) is 0 Å². The summed E-state index contributed by atoms with van der Waals surface area (Å²) in [7, 11) is 0. The molecule has 0 aliphatic rings. The summed E-state index contributed by atoms with van der Waals surface area (Å²) >= 11 is 0. The molecule has 0 fully saturated rings. The third kappa shape index (κ3) is 1.69. The lowest BCUT2D eigenvalue weighted by Gasteiger charge is -2.04. The fourth-order valence-electron chi connectivity index (χ4n) is 1.72. The third-order valence-electron chi connectivity index (χ3n) is 2.58. The molecule has 0 amide bonds. The first kappa shape index (κ1) is 10.7. The number of halogens is 2. The van der Waals surface area contributed by atoms with Crippen LogP contribution in [0.5, 0.6) is 0 Å². The molecule has 0 unspecified atom stereocenters. The molecule has 0 radical (unpaired) electrons. The van der Waals surface area contributed by atoms with Crippen LogP contribution in [-0.2, 0) is 0 Å². The number of fused-ring (bicyclic) bond motifs is 1. The zero-order chi connectivity index (χ0) is 12.5. The minimum Gasteiger partial charge on any atom is -0.255 e. The standard InChI is InChI=1S/C13H7F2N3/c14-12-8(5-7-17-13(12)15)9-3-4-10-11(18-9)2-1-6-16-10/h1-7H. The number of aromatic nitrogens is 3. The Bertz CT molecular complexity index is 728. The van der Waals surface area contributed by atoms with Gasteiger partial charge in [0.15, 0.2) is 5.82 Å². The van der Waals surface area contributed by atoms with Crippen LogP contribution < -0.4 is 0 Å². The zero-order valence-electron chi connectivity index (χ0n) is 9.14. The predicted octanol–water partition coefficient (Wildman–Crippen LogP) is 2.97. The summed E-state index contributed by atoms with van der Waals surface area (Å²) in [6, 6.07) is 8.22. The van der Waals surface area contributed by atoms with Gasteiger partial charge in [0.2, 0.25) is 5.95 Å². The van der Waals surface area contributed by atoms with E-state index in [-0.39, 0.29) is 5.56 Å². The molecule has 18 heavy (non-hydrogen) atoms. The Morgan fingerprint density at radius 2 is 1.72 bits per heavy atom. The summed E-state index contributed by atoms with van der Waals surface area (Å²) < 4.78 is 26.6. The van der Waals surface area contributed by atoms with Gasteiger partial charge in [0, 0.05) is 18.0 Å². The SMILES string of the molecule is Fc1nccc(-c2ccc3ncccc3n2)c1F. The summed E-state index contributed by atoms with van der Waals surface area (Å²) in [5.74, 6) is -2.12. The molecule has 0 saturated heterocycles. The molecular weight excluding hydrogens is 236 g/mol. The summed E-state index contributed by atoms with van der Waals surface area (Å²) in [5.41, 5.74) is 1.78. The van der Waals surface area contributed by atoms with Gasteiger partial charge in [-0.15, -0.1) is 0 Å². The van der Waals surface area contributed by atoms with E-state index in [1.165, 1.54) is 12.3 Å². The maximum Gasteiger partial charge on any atom is 0.249 e. The fraction of sp³-hybridized carbons (Fsp3) is 0. The van der Waals surface area contributed by atoms with Crippen LogP contribution in [-0.4, -0.2) is 15.0 Å². The normalized spacial score (nSPS) is 10.8.